The molecule has 0 heterocycles. The number of para-hydroxylation sites is 2. The number of anilines is 2. The van der Waals surface area contributed by atoms with Crippen LogP contribution in [0.25, 0.3) is 0 Å². The lowest BCUT2D eigenvalue weighted by Crippen LogP contribution is -2.30. The molecule has 0 bridgehead atoms. The topological polar surface area (TPSA) is 70.7 Å². The molecule has 0 aliphatic carbocycles. The Hall–Kier alpha value is -3.28. The van der Waals surface area contributed by atoms with Gasteiger partial charge in [0.25, 0.3) is 5.91 Å². The molecule has 0 aliphatic heterocycles. The summed E-state index contributed by atoms with van der Waals surface area (Å²) >= 11 is 0. The van der Waals surface area contributed by atoms with Crippen molar-refractivity contribution in [1.82, 2.24) is 4.90 Å². The summed E-state index contributed by atoms with van der Waals surface area (Å²) in [5.74, 6) is 0.464. The summed E-state index contributed by atoms with van der Waals surface area (Å²) in [5, 5.41) is 5.91. The minimum atomic E-state index is -0.192. The number of carbonyl (C=O) groups excluding carboxylic acids is 2. The van der Waals surface area contributed by atoms with Gasteiger partial charge < -0.3 is 20.3 Å². The highest BCUT2D eigenvalue weighted by molar-refractivity contribution is 5.96. The third-order valence-corrected chi connectivity index (χ3v) is 4.27. The predicted molar refractivity (Wildman–Crippen MR) is 118 cm³/mol. The first-order valence-corrected chi connectivity index (χ1v) is 9.73. The number of nitrogens with zero attached hydrogens (tertiary/aromatic N) is 1. The first kappa shape index (κ1) is 22.0. The fourth-order valence-electron chi connectivity index (χ4n) is 2.71. The number of ether oxygens (including phenoxy) is 1. The molecule has 0 atom stereocenters. The molecule has 0 unspecified atom stereocenters. The van der Waals surface area contributed by atoms with Gasteiger partial charge in [0.15, 0.2) is 0 Å². The summed E-state index contributed by atoms with van der Waals surface area (Å²) in [4.78, 5) is 26.4. The Balaban J connectivity index is 1.92. The standard InChI is InChI=1S/C23H29N3O3/c1-5-26(6-2)23(28)18-11-13-19(14-12-18)25-22(27)15-24-20-9-7-8-10-21(20)29-16-17(3)4/h7-14,24H,3,5-6,15-16H2,1-2,4H3,(H,25,27). The molecule has 2 rings (SSSR count). The van der Waals surface area contributed by atoms with Crippen molar-refractivity contribution in [3.8, 4) is 5.75 Å². The molecule has 0 saturated carbocycles. The number of carbonyl (C=O) groups is 2. The zero-order valence-corrected chi connectivity index (χ0v) is 17.3. The molecule has 0 radical (unpaired) electrons. The molecule has 2 N–H and O–H groups in total. The van der Waals surface area contributed by atoms with Gasteiger partial charge >= 0.3 is 0 Å². The Morgan fingerprint density at radius 3 is 2.31 bits per heavy atom. The summed E-state index contributed by atoms with van der Waals surface area (Å²) in [6.45, 7) is 11.5. The van der Waals surface area contributed by atoms with E-state index in [1.54, 1.807) is 29.2 Å². The number of hydrogen-bond donors (Lipinski definition) is 2. The molecule has 29 heavy (non-hydrogen) atoms. The highest BCUT2D eigenvalue weighted by atomic mass is 16.5. The average molecular weight is 396 g/mol. The van der Waals surface area contributed by atoms with Crippen molar-refractivity contribution in [2.45, 2.75) is 20.8 Å². The van der Waals surface area contributed by atoms with Crippen LogP contribution in [0.15, 0.2) is 60.7 Å². The number of nitrogens with one attached hydrogen (secondary N) is 2. The van der Waals surface area contributed by atoms with Gasteiger partial charge in [0, 0.05) is 24.3 Å². The quantitative estimate of drug-likeness (QED) is 0.592. The molecule has 0 spiro atoms. The summed E-state index contributed by atoms with van der Waals surface area (Å²) in [5.41, 5.74) is 2.90. The third-order valence-electron chi connectivity index (χ3n) is 4.27. The second-order valence-corrected chi connectivity index (χ2v) is 6.70. The number of hydrogen-bond acceptors (Lipinski definition) is 4. The van der Waals surface area contributed by atoms with Gasteiger partial charge in [-0.3, -0.25) is 9.59 Å². The van der Waals surface area contributed by atoms with Crippen molar-refractivity contribution in [3.05, 3.63) is 66.2 Å². The molecule has 0 saturated heterocycles. The lowest BCUT2D eigenvalue weighted by molar-refractivity contribution is -0.114. The zero-order valence-electron chi connectivity index (χ0n) is 17.3. The predicted octanol–water partition coefficient (Wildman–Crippen LogP) is 4.17. The average Bonchev–Trinajstić information content (AvgIpc) is 2.72. The first-order chi connectivity index (χ1) is 13.9. The van der Waals surface area contributed by atoms with Crippen LogP contribution < -0.4 is 15.4 Å². The van der Waals surface area contributed by atoms with Crippen LogP contribution in [0.1, 0.15) is 31.1 Å². The van der Waals surface area contributed by atoms with Crippen molar-refractivity contribution < 1.29 is 14.3 Å². The molecular formula is C23H29N3O3. The van der Waals surface area contributed by atoms with E-state index in [-0.39, 0.29) is 18.4 Å². The Morgan fingerprint density at radius 2 is 1.69 bits per heavy atom. The Labute approximate surface area is 172 Å². The van der Waals surface area contributed by atoms with Crippen LogP contribution in [0.5, 0.6) is 5.75 Å². The van der Waals surface area contributed by atoms with Crippen LogP contribution in [0.2, 0.25) is 0 Å². The van der Waals surface area contributed by atoms with Crippen LogP contribution in [0.4, 0.5) is 11.4 Å². The smallest absolute Gasteiger partial charge is 0.253 e. The van der Waals surface area contributed by atoms with Crippen LogP contribution in [-0.2, 0) is 4.79 Å². The molecule has 2 aromatic rings. The molecule has 154 valence electrons. The number of benzene rings is 2. The third kappa shape index (κ3) is 6.68. The minimum Gasteiger partial charge on any atom is -0.487 e. The summed E-state index contributed by atoms with van der Waals surface area (Å²) in [6, 6.07) is 14.4. The largest absolute Gasteiger partial charge is 0.487 e. The summed E-state index contributed by atoms with van der Waals surface area (Å²) in [7, 11) is 0. The van der Waals surface area contributed by atoms with Gasteiger partial charge in [0.1, 0.15) is 12.4 Å². The Morgan fingerprint density at radius 1 is 1.03 bits per heavy atom. The van der Waals surface area contributed by atoms with Crippen molar-refractivity contribution >= 4 is 23.2 Å². The molecule has 0 aromatic heterocycles. The number of rotatable bonds is 10. The monoisotopic (exact) mass is 395 g/mol. The van der Waals surface area contributed by atoms with Gasteiger partial charge in [0.2, 0.25) is 5.91 Å². The van der Waals surface area contributed by atoms with E-state index in [0.717, 1.165) is 11.3 Å². The maximum absolute atomic E-state index is 12.3. The van der Waals surface area contributed by atoms with Gasteiger partial charge in [0.05, 0.1) is 12.2 Å². The van der Waals surface area contributed by atoms with E-state index in [2.05, 4.69) is 17.2 Å². The van der Waals surface area contributed by atoms with E-state index < -0.39 is 0 Å². The first-order valence-electron chi connectivity index (χ1n) is 9.73. The lowest BCUT2D eigenvalue weighted by Gasteiger charge is -2.18. The highest BCUT2D eigenvalue weighted by Gasteiger charge is 2.12. The maximum atomic E-state index is 12.3. The zero-order chi connectivity index (χ0) is 21.2. The summed E-state index contributed by atoms with van der Waals surface area (Å²) < 4.78 is 5.69. The Kier molecular flexibility index (Phi) is 8.27. The van der Waals surface area contributed by atoms with Crippen molar-refractivity contribution in [2.24, 2.45) is 0 Å². The van der Waals surface area contributed by atoms with Crippen LogP contribution in [0, 0.1) is 0 Å². The fraction of sp³-hybridized carbons (Fsp3) is 0.304. The van der Waals surface area contributed by atoms with Crippen molar-refractivity contribution in [3.63, 3.8) is 0 Å². The van der Waals surface area contributed by atoms with E-state index in [1.165, 1.54) is 0 Å². The molecule has 2 aromatic carbocycles. The molecule has 2 amide bonds. The van der Waals surface area contributed by atoms with Crippen molar-refractivity contribution in [2.75, 3.05) is 36.9 Å². The molecule has 0 fully saturated rings. The van der Waals surface area contributed by atoms with E-state index in [0.29, 0.717) is 36.7 Å². The second-order valence-electron chi connectivity index (χ2n) is 6.70. The van der Waals surface area contributed by atoms with Crippen LogP contribution in [0.3, 0.4) is 0 Å². The fourth-order valence-corrected chi connectivity index (χ4v) is 2.71. The number of amides is 2. The van der Waals surface area contributed by atoms with Gasteiger partial charge in [-0.15, -0.1) is 0 Å². The highest BCUT2D eigenvalue weighted by Crippen LogP contribution is 2.24. The molecule has 6 heteroatoms. The van der Waals surface area contributed by atoms with E-state index in [1.807, 2.05) is 45.0 Å². The lowest BCUT2D eigenvalue weighted by atomic mass is 10.1. The van der Waals surface area contributed by atoms with E-state index in [9.17, 15) is 9.59 Å². The van der Waals surface area contributed by atoms with Gasteiger partial charge in [-0.25, -0.2) is 0 Å². The van der Waals surface area contributed by atoms with Gasteiger partial charge in [-0.1, -0.05) is 18.7 Å². The normalized spacial score (nSPS) is 10.2. The Bertz CT molecular complexity index is 843. The molecular weight excluding hydrogens is 366 g/mol. The van der Waals surface area contributed by atoms with Crippen molar-refractivity contribution in [1.29, 1.82) is 0 Å². The van der Waals surface area contributed by atoms with Gasteiger partial charge in [-0.05, 0) is 62.7 Å². The van der Waals surface area contributed by atoms with Gasteiger partial charge in [-0.2, -0.15) is 0 Å². The van der Waals surface area contributed by atoms with E-state index >= 15 is 0 Å². The summed E-state index contributed by atoms with van der Waals surface area (Å²) in [6.07, 6.45) is 0. The molecule has 0 aliphatic rings. The minimum absolute atomic E-state index is 0.0130. The second kappa shape index (κ2) is 10.9. The van der Waals surface area contributed by atoms with Crippen LogP contribution >= 0.6 is 0 Å². The SMILES string of the molecule is C=C(C)COc1ccccc1NCC(=O)Nc1ccc(C(=O)N(CC)CC)cc1. The maximum Gasteiger partial charge on any atom is 0.253 e. The molecule has 6 nitrogen and oxygen atoms in total. The van der Waals surface area contributed by atoms with Crippen LogP contribution in [-0.4, -0.2) is 43.0 Å². The van der Waals surface area contributed by atoms with E-state index in [4.69, 9.17) is 4.74 Å².